The first kappa shape index (κ1) is 13.9. The average molecular weight is 320 g/mol. The van der Waals surface area contributed by atoms with Crippen LogP contribution >= 0.6 is 0 Å². The standard InChI is InChI=1S/C20H20N2O2/c1-24-20-15-11-22-9-8-14-13-4-2-3-5-16(13)21-19(14)17(22)10-12(15)6-7-18(20)23/h2-7,17,21,23H,8-11H2,1H3. The van der Waals surface area contributed by atoms with E-state index >= 15 is 0 Å². The topological polar surface area (TPSA) is 48.5 Å². The van der Waals surface area contributed by atoms with E-state index in [-0.39, 0.29) is 5.75 Å². The van der Waals surface area contributed by atoms with Gasteiger partial charge in [0.25, 0.3) is 0 Å². The maximum atomic E-state index is 10.1. The summed E-state index contributed by atoms with van der Waals surface area (Å²) in [6.45, 7) is 1.87. The van der Waals surface area contributed by atoms with Gasteiger partial charge in [-0.05, 0) is 36.1 Å². The van der Waals surface area contributed by atoms with E-state index in [4.69, 9.17) is 4.74 Å². The Morgan fingerprint density at radius 2 is 2.04 bits per heavy atom. The van der Waals surface area contributed by atoms with Gasteiger partial charge in [-0.1, -0.05) is 24.3 Å². The number of hydrogen-bond acceptors (Lipinski definition) is 3. The van der Waals surface area contributed by atoms with Gasteiger partial charge in [-0.3, -0.25) is 4.90 Å². The molecule has 3 aromatic rings. The Hall–Kier alpha value is -2.46. The fourth-order valence-corrected chi connectivity index (χ4v) is 4.45. The van der Waals surface area contributed by atoms with Gasteiger partial charge in [0.2, 0.25) is 0 Å². The number of methoxy groups -OCH3 is 1. The van der Waals surface area contributed by atoms with E-state index in [0.717, 1.165) is 31.5 Å². The molecule has 1 aromatic heterocycles. The number of aromatic amines is 1. The van der Waals surface area contributed by atoms with Crippen LogP contribution in [0, 0.1) is 0 Å². The van der Waals surface area contributed by atoms with Gasteiger partial charge < -0.3 is 14.8 Å². The Balaban J connectivity index is 1.63. The Bertz CT molecular complexity index is 944. The van der Waals surface area contributed by atoms with Crippen molar-refractivity contribution in [3.8, 4) is 11.5 Å². The number of nitrogens with one attached hydrogen (secondary N) is 1. The van der Waals surface area contributed by atoms with E-state index in [1.54, 1.807) is 13.2 Å². The normalized spacial score (nSPS) is 19.6. The molecule has 1 unspecified atom stereocenters. The first-order valence-corrected chi connectivity index (χ1v) is 8.47. The predicted molar refractivity (Wildman–Crippen MR) is 93.5 cm³/mol. The van der Waals surface area contributed by atoms with Crippen molar-refractivity contribution in [3.05, 3.63) is 58.8 Å². The van der Waals surface area contributed by atoms with E-state index < -0.39 is 0 Å². The fraction of sp³-hybridized carbons (Fsp3) is 0.300. The molecule has 0 bridgehead atoms. The van der Waals surface area contributed by atoms with Crippen molar-refractivity contribution < 1.29 is 9.84 Å². The SMILES string of the molecule is COc1c(O)ccc2c1CN1CCc3c([nH]c4ccccc34)C1C2. The number of para-hydroxylation sites is 1. The maximum Gasteiger partial charge on any atom is 0.165 e. The number of rotatable bonds is 1. The summed E-state index contributed by atoms with van der Waals surface area (Å²) in [5.74, 6) is 0.867. The van der Waals surface area contributed by atoms with Gasteiger partial charge in [0.05, 0.1) is 13.2 Å². The molecule has 4 heteroatoms. The second-order valence-corrected chi connectivity index (χ2v) is 6.76. The number of aromatic hydroxyl groups is 1. The first-order valence-electron chi connectivity index (χ1n) is 8.47. The molecule has 24 heavy (non-hydrogen) atoms. The molecule has 0 saturated carbocycles. The lowest BCUT2D eigenvalue weighted by atomic mass is 9.86. The van der Waals surface area contributed by atoms with Gasteiger partial charge in [-0.15, -0.1) is 0 Å². The van der Waals surface area contributed by atoms with Gasteiger partial charge in [-0.25, -0.2) is 0 Å². The number of hydrogen-bond donors (Lipinski definition) is 2. The second kappa shape index (κ2) is 5.02. The number of nitrogens with zero attached hydrogens (tertiary/aromatic N) is 1. The minimum absolute atomic E-state index is 0.234. The van der Waals surface area contributed by atoms with Crippen LogP contribution in [0.1, 0.15) is 28.4 Å². The minimum atomic E-state index is 0.234. The molecule has 2 N–H and O–H groups in total. The summed E-state index contributed by atoms with van der Waals surface area (Å²) in [7, 11) is 1.63. The smallest absolute Gasteiger partial charge is 0.165 e. The molecule has 0 amide bonds. The van der Waals surface area contributed by atoms with Gasteiger partial charge >= 0.3 is 0 Å². The number of benzene rings is 2. The van der Waals surface area contributed by atoms with E-state index in [1.807, 2.05) is 6.07 Å². The highest BCUT2D eigenvalue weighted by molar-refractivity contribution is 5.85. The zero-order chi connectivity index (χ0) is 16.3. The molecule has 1 atom stereocenters. The molecule has 0 fully saturated rings. The molecule has 0 radical (unpaired) electrons. The lowest BCUT2D eigenvalue weighted by molar-refractivity contribution is 0.155. The van der Waals surface area contributed by atoms with E-state index in [2.05, 4.69) is 34.1 Å². The molecule has 0 spiro atoms. The minimum Gasteiger partial charge on any atom is -0.504 e. The maximum absolute atomic E-state index is 10.1. The monoisotopic (exact) mass is 320 g/mol. The Morgan fingerprint density at radius 1 is 1.17 bits per heavy atom. The van der Waals surface area contributed by atoms with Crippen LogP contribution < -0.4 is 4.74 Å². The van der Waals surface area contributed by atoms with Crippen LogP contribution in [0.3, 0.4) is 0 Å². The molecule has 0 aliphatic carbocycles. The third-order valence-electron chi connectivity index (χ3n) is 5.58. The molecule has 3 heterocycles. The quantitative estimate of drug-likeness (QED) is 0.721. The van der Waals surface area contributed by atoms with E-state index in [0.29, 0.717) is 11.8 Å². The van der Waals surface area contributed by atoms with Crippen LogP contribution in [0.5, 0.6) is 11.5 Å². The van der Waals surface area contributed by atoms with Crippen LogP contribution in [-0.4, -0.2) is 28.6 Å². The van der Waals surface area contributed by atoms with Crippen molar-refractivity contribution in [3.63, 3.8) is 0 Å². The molecule has 2 aliphatic rings. The third kappa shape index (κ3) is 1.83. The van der Waals surface area contributed by atoms with Crippen molar-refractivity contribution in [2.24, 2.45) is 0 Å². The summed E-state index contributed by atoms with van der Waals surface area (Å²) >= 11 is 0. The number of phenols is 1. The summed E-state index contributed by atoms with van der Waals surface area (Å²) < 4.78 is 5.46. The molecule has 2 aliphatic heterocycles. The van der Waals surface area contributed by atoms with Gasteiger partial charge in [0, 0.05) is 35.2 Å². The predicted octanol–water partition coefficient (Wildman–Crippen LogP) is 3.54. The summed E-state index contributed by atoms with van der Waals surface area (Å²) in [6, 6.07) is 12.8. The molecule has 0 saturated heterocycles. The van der Waals surface area contributed by atoms with Crippen LogP contribution in [0.15, 0.2) is 36.4 Å². The Morgan fingerprint density at radius 3 is 2.92 bits per heavy atom. The van der Waals surface area contributed by atoms with Crippen molar-refractivity contribution in [1.29, 1.82) is 0 Å². The van der Waals surface area contributed by atoms with Crippen molar-refractivity contribution in [2.75, 3.05) is 13.7 Å². The number of phenolic OH excluding ortho intramolecular Hbond substituents is 1. The molecule has 5 rings (SSSR count). The largest absolute Gasteiger partial charge is 0.504 e. The fourth-order valence-electron chi connectivity index (χ4n) is 4.45. The Kier molecular flexibility index (Phi) is 2.91. The highest BCUT2D eigenvalue weighted by atomic mass is 16.5. The van der Waals surface area contributed by atoms with Gasteiger partial charge in [0.15, 0.2) is 11.5 Å². The summed E-state index contributed by atoms with van der Waals surface area (Å²) in [6.07, 6.45) is 2.01. The molecular weight excluding hydrogens is 300 g/mol. The van der Waals surface area contributed by atoms with Crippen LogP contribution in [0.25, 0.3) is 10.9 Å². The second-order valence-electron chi connectivity index (χ2n) is 6.76. The zero-order valence-corrected chi connectivity index (χ0v) is 13.7. The highest BCUT2D eigenvalue weighted by Gasteiger charge is 2.35. The summed E-state index contributed by atoms with van der Waals surface area (Å²) in [5, 5.41) is 11.4. The van der Waals surface area contributed by atoms with Crippen LogP contribution in [-0.2, 0) is 19.4 Å². The summed E-state index contributed by atoms with van der Waals surface area (Å²) in [4.78, 5) is 6.17. The summed E-state index contributed by atoms with van der Waals surface area (Å²) in [5.41, 5.74) is 6.48. The first-order chi connectivity index (χ1) is 11.8. The van der Waals surface area contributed by atoms with Crippen molar-refractivity contribution >= 4 is 10.9 Å². The van der Waals surface area contributed by atoms with Crippen molar-refractivity contribution in [2.45, 2.75) is 25.4 Å². The molecular formula is C20H20N2O2. The van der Waals surface area contributed by atoms with Crippen LogP contribution in [0.2, 0.25) is 0 Å². The number of H-pyrrole nitrogens is 1. The molecule has 4 nitrogen and oxygen atoms in total. The average Bonchev–Trinajstić information content (AvgIpc) is 2.99. The van der Waals surface area contributed by atoms with Crippen LogP contribution in [0.4, 0.5) is 0 Å². The van der Waals surface area contributed by atoms with E-state index in [9.17, 15) is 5.11 Å². The van der Waals surface area contributed by atoms with Gasteiger partial charge in [-0.2, -0.15) is 0 Å². The molecule has 122 valence electrons. The zero-order valence-electron chi connectivity index (χ0n) is 13.7. The highest BCUT2D eigenvalue weighted by Crippen LogP contribution is 2.44. The number of ether oxygens (including phenoxy) is 1. The third-order valence-corrected chi connectivity index (χ3v) is 5.58. The molecule has 2 aromatic carbocycles. The lowest BCUT2D eigenvalue weighted by Crippen LogP contribution is -2.39. The number of fused-ring (bicyclic) bond motifs is 6. The van der Waals surface area contributed by atoms with Gasteiger partial charge in [0.1, 0.15) is 0 Å². The lowest BCUT2D eigenvalue weighted by Gasteiger charge is -2.40. The van der Waals surface area contributed by atoms with E-state index in [1.165, 1.54) is 27.7 Å². The Labute approximate surface area is 140 Å². The van der Waals surface area contributed by atoms with Crippen molar-refractivity contribution in [1.82, 2.24) is 9.88 Å². The number of aromatic nitrogens is 1.